The summed E-state index contributed by atoms with van der Waals surface area (Å²) in [6.07, 6.45) is 3.55. The third kappa shape index (κ3) is 3.26. The molecular formula is C17H19N5OS. The molecule has 2 aromatic heterocycles. The zero-order valence-corrected chi connectivity index (χ0v) is 14.3. The van der Waals surface area contributed by atoms with Crippen molar-refractivity contribution in [1.82, 2.24) is 15.2 Å². The van der Waals surface area contributed by atoms with Gasteiger partial charge in [-0.2, -0.15) is 0 Å². The summed E-state index contributed by atoms with van der Waals surface area (Å²) < 4.78 is 5.27. The Hall–Kier alpha value is -2.41. The van der Waals surface area contributed by atoms with E-state index in [-0.39, 0.29) is 0 Å². The fourth-order valence-electron chi connectivity index (χ4n) is 2.98. The molecule has 1 aromatic carbocycles. The lowest BCUT2D eigenvalue weighted by Crippen LogP contribution is -2.39. The SMILES string of the molecule is Cc1csc(N2CCC(Nc3cccc(-c4nnco4)c3)CC2)n1. The van der Waals surface area contributed by atoms with Gasteiger partial charge >= 0.3 is 0 Å². The van der Waals surface area contributed by atoms with Crippen LogP contribution in [0.1, 0.15) is 18.5 Å². The van der Waals surface area contributed by atoms with E-state index in [1.165, 1.54) is 6.39 Å². The number of rotatable bonds is 4. The lowest BCUT2D eigenvalue weighted by molar-refractivity contribution is 0.526. The van der Waals surface area contributed by atoms with Gasteiger partial charge in [0, 0.05) is 35.8 Å². The van der Waals surface area contributed by atoms with Gasteiger partial charge in [0.2, 0.25) is 12.3 Å². The van der Waals surface area contributed by atoms with Gasteiger partial charge in [-0.3, -0.25) is 0 Å². The Morgan fingerprint density at radius 2 is 2.17 bits per heavy atom. The molecule has 0 unspecified atom stereocenters. The van der Waals surface area contributed by atoms with E-state index in [4.69, 9.17) is 4.42 Å². The van der Waals surface area contributed by atoms with E-state index in [0.29, 0.717) is 11.9 Å². The van der Waals surface area contributed by atoms with Crippen molar-refractivity contribution in [3.63, 3.8) is 0 Å². The van der Waals surface area contributed by atoms with Gasteiger partial charge in [0.05, 0.1) is 5.69 Å². The van der Waals surface area contributed by atoms with Crippen LogP contribution in [0.3, 0.4) is 0 Å². The van der Waals surface area contributed by atoms with Crippen molar-refractivity contribution in [2.45, 2.75) is 25.8 Å². The molecule has 6 nitrogen and oxygen atoms in total. The van der Waals surface area contributed by atoms with E-state index in [2.05, 4.69) is 42.9 Å². The fourth-order valence-corrected chi connectivity index (χ4v) is 3.84. The van der Waals surface area contributed by atoms with Crippen molar-refractivity contribution >= 4 is 22.2 Å². The minimum absolute atomic E-state index is 0.472. The molecule has 1 N–H and O–H groups in total. The minimum atomic E-state index is 0.472. The first-order valence-electron chi connectivity index (χ1n) is 8.08. The summed E-state index contributed by atoms with van der Waals surface area (Å²) >= 11 is 1.73. The number of piperidine rings is 1. The average Bonchev–Trinajstić information content (AvgIpc) is 3.28. The number of thiazole rings is 1. The van der Waals surface area contributed by atoms with Crippen LogP contribution < -0.4 is 10.2 Å². The van der Waals surface area contributed by atoms with Crippen LogP contribution in [0.4, 0.5) is 10.8 Å². The van der Waals surface area contributed by atoms with Gasteiger partial charge < -0.3 is 14.6 Å². The number of hydrogen-bond acceptors (Lipinski definition) is 7. The van der Waals surface area contributed by atoms with E-state index < -0.39 is 0 Å². The largest absolute Gasteiger partial charge is 0.423 e. The molecule has 7 heteroatoms. The molecule has 1 fully saturated rings. The van der Waals surface area contributed by atoms with Crippen LogP contribution in [-0.2, 0) is 0 Å². The average molecular weight is 341 g/mol. The summed E-state index contributed by atoms with van der Waals surface area (Å²) in [7, 11) is 0. The number of hydrogen-bond donors (Lipinski definition) is 1. The normalized spacial score (nSPS) is 15.6. The molecule has 0 aliphatic carbocycles. The van der Waals surface area contributed by atoms with Crippen molar-refractivity contribution in [2.24, 2.45) is 0 Å². The van der Waals surface area contributed by atoms with E-state index in [9.17, 15) is 0 Å². The van der Waals surface area contributed by atoms with Crippen molar-refractivity contribution in [3.8, 4) is 11.5 Å². The Balaban J connectivity index is 1.38. The molecule has 124 valence electrons. The van der Waals surface area contributed by atoms with E-state index in [0.717, 1.165) is 48.0 Å². The molecule has 3 aromatic rings. The van der Waals surface area contributed by atoms with Gasteiger partial charge in [0.25, 0.3) is 0 Å². The smallest absolute Gasteiger partial charge is 0.247 e. The standard InChI is InChI=1S/C17H19N5OS/c1-12-10-24-17(19-12)22-7-5-14(6-8-22)20-15-4-2-3-13(9-15)16-21-18-11-23-16/h2-4,9-11,14,20H,5-8H2,1H3. The van der Waals surface area contributed by atoms with Crippen LogP contribution in [0, 0.1) is 6.92 Å². The van der Waals surface area contributed by atoms with Gasteiger partial charge in [0.1, 0.15) is 0 Å². The van der Waals surface area contributed by atoms with Gasteiger partial charge in [-0.15, -0.1) is 21.5 Å². The maximum absolute atomic E-state index is 5.27. The second kappa shape index (κ2) is 6.60. The van der Waals surface area contributed by atoms with E-state index in [1.54, 1.807) is 11.3 Å². The lowest BCUT2D eigenvalue weighted by atomic mass is 10.0. The van der Waals surface area contributed by atoms with E-state index in [1.807, 2.05) is 19.1 Å². The van der Waals surface area contributed by atoms with Gasteiger partial charge in [-0.05, 0) is 38.0 Å². The topological polar surface area (TPSA) is 67.1 Å². The lowest BCUT2D eigenvalue weighted by Gasteiger charge is -2.32. The first-order chi connectivity index (χ1) is 11.8. The molecule has 0 spiro atoms. The van der Waals surface area contributed by atoms with E-state index >= 15 is 0 Å². The highest BCUT2D eigenvalue weighted by Crippen LogP contribution is 2.26. The van der Waals surface area contributed by atoms with Crippen molar-refractivity contribution in [1.29, 1.82) is 0 Å². The third-order valence-corrected chi connectivity index (χ3v) is 5.23. The van der Waals surface area contributed by atoms with Crippen molar-refractivity contribution in [2.75, 3.05) is 23.3 Å². The molecule has 1 saturated heterocycles. The van der Waals surface area contributed by atoms with Gasteiger partial charge in [-0.25, -0.2) is 4.98 Å². The molecule has 3 heterocycles. The van der Waals surface area contributed by atoms with Gasteiger partial charge in [-0.1, -0.05) is 6.07 Å². The summed E-state index contributed by atoms with van der Waals surface area (Å²) in [5.74, 6) is 0.549. The summed E-state index contributed by atoms with van der Waals surface area (Å²) in [6.45, 7) is 4.12. The molecule has 0 atom stereocenters. The Bertz CT molecular complexity index is 793. The molecular weight excluding hydrogens is 322 g/mol. The monoisotopic (exact) mass is 341 g/mol. The molecule has 1 aliphatic rings. The maximum atomic E-state index is 5.27. The highest BCUT2D eigenvalue weighted by atomic mass is 32.1. The summed E-state index contributed by atoms with van der Waals surface area (Å²) in [4.78, 5) is 6.96. The highest BCUT2D eigenvalue weighted by molar-refractivity contribution is 7.13. The number of aryl methyl sites for hydroxylation is 1. The first-order valence-corrected chi connectivity index (χ1v) is 8.96. The van der Waals surface area contributed by atoms with Crippen molar-refractivity contribution in [3.05, 3.63) is 41.7 Å². The molecule has 24 heavy (non-hydrogen) atoms. The van der Waals surface area contributed by atoms with Gasteiger partial charge in [0.15, 0.2) is 5.13 Å². The van der Waals surface area contributed by atoms with Crippen LogP contribution in [0.5, 0.6) is 0 Å². The van der Waals surface area contributed by atoms with Crippen LogP contribution >= 0.6 is 11.3 Å². The van der Waals surface area contributed by atoms with Crippen LogP contribution in [-0.4, -0.2) is 34.3 Å². The summed E-state index contributed by atoms with van der Waals surface area (Å²) in [5.41, 5.74) is 3.13. The Labute approximate surface area is 144 Å². The fraction of sp³-hybridized carbons (Fsp3) is 0.353. The van der Waals surface area contributed by atoms with Crippen LogP contribution in [0.15, 0.2) is 40.5 Å². The zero-order valence-electron chi connectivity index (χ0n) is 13.5. The van der Waals surface area contributed by atoms with Crippen molar-refractivity contribution < 1.29 is 4.42 Å². The number of nitrogens with one attached hydrogen (secondary N) is 1. The minimum Gasteiger partial charge on any atom is -0.423 e. The molecule has 4 rings (SSSR count). The van der Waals surface area contributed by atoms with Crippen LogP contribution in [0.2, 0.25) is 0 Å². The zero-order chi connectivity index (χ0) is 16.4. The Morgan fingerprint density at radius 1 is 1.29 bits per heavy atom. The maximum Gasteiger partial charge on any atom is 0.247 e. The molecule has 0 radical (unpaired) electrons. The number of benzene rings is 1. The second-order valence-corrected chi connectivity index (χ2v) is 6.84. The number of nitrogens with zero attached hydrogens (tertiary/aromatic N) is 4. The molecule has 0 amide bonds. The molecule has 0 saturated carbocycles. The highest BCUT2D eigenvalue weighted by Gasteiger charge is 2.21. The first kappa shape index (κ1) is 15.1. The molecule has 0 bridgehead atoms. The predicted molar refractivity (Wildman–Crippen MR) is 95.4 cm³/mol. The summed E-state index contributed by atoms with van der Waals surface area (Å²) in [6, 6.07) is 8.60. The number of anilines is 2. The molecule has 1 aliphatic heterocycles. The second-order valence-electron chi connectivity index (χ2n) is 6.00. The Kier molecular flexibility index (Phi) is 4.17. The summed E-state index contributed by atoms with van der Waals surface area (Å²) in [5, 5.41) is 14.6. The van der Waals surface area contributed by atoms with Crippen LogP contribution in [0.25, 0.3) is 11.5 Å². The Morgan fingerprint density at radius 3 is 2.88 bits per heavy atom. The quantitative estimate of drug-likeness (QED) is 0.782. The predicted octanol–water partition coefficient (Wildman–Crippen LogP) is 3.58. The number of aromatic nitrogens is 3. The third-order valence-electron chi connectivity index (χ3n) is 4.21.